The maximum Gasteiger partial charge on any atom is 0.226 e. The number of nitrogens with one attached hydrogen (secondary N) is 1. The Labute approximate surface area is 106 Å². The zero-order chi connectivity index (χ0) is 13.0. The summed E-state index contributed by atoms with van der Waals surface area (Å²) in [4.78, 5) is 14.6. The summed E-state index contributed by atoms with van der Waals surface area (Å²) in [6.07, 6.45) is 1.91. The van der Waals surface area contributed by atoms with E-state index in [1.807, 2.05) is 0 Å². The van der Waals surface area contributed by atoms with Gasteiger partial charge in [0.2, 0.25) is 5.91 Å². The second kappa shape index (κ2) is 6.39. The standard InChI is InChI=1S/C14H28N2O/c1-6-12(7-2)14(17)16-9-11(5)15-8-13(16)10(3)4/h10-13,15H,6-9H2,1-5H3. The van der Waals surface area contributed by atoms with Gasteiger partial charge in [-0.2, -0.15) is 0 Å². The van der Waals surface area contributed by atoms with Crippen molar-refractivity contribution in [3.8, 4) is 0 Å². The molecule has 0 bridgehead atoms. The van der Waals surface area contributed by atoms with Crippen molar-refractivity contribution in [2.75, 3.05) is 13.1 Å². The smallest absolute Gasteiger partial charge is 0.226 e. The van der Waals surface area contributed by atoms with E-state index in [0.29, 0.717) is 23.9 Å². The molecule has 0 aromatic heterocycles. The maximum atomic E-state index is 12.5. The average molecular weight is 240 g/mol. The number of nitrogens with zero attached hydrogens (tertiary/aromatic N) is 1. The van der Waals surface area contributed by atoms with E-state index in [0.717, 1.165) is 25.9 Å². The Kier molecular flexibility index (Phi) is 5.44. The molecule has 3 nitrogen and oxygen atoms in total. The van der Waals surface area contributed by atoms with Crippen LogP contribution in [-0.2, 0) is 4.79 Å². The minimum absolute atomic E-state index is 0.210. The van der Waals surface area contributed by atoms with Gasteiger partial charge in [0.1, 0.15) is 0 Å². The molecular weight excluding hydrogens is 212 g/mol. The predicted octanol–water partition coefficient (Wildman–Crippen LogP) is 2.27. The summed E-state index contributed by atoms with van der Waals surface area (Å²) in [5.41, 5.74) is 0. The molecule has 0 saturated carbocycles. The first-order valence-corrected chi connectivity index (χ1v) is 7.05. The molecule has 1 amide bonds. The summed E-state index contributed by atoms with van der Waals surface area (Å²) in [5, 5.41) is 3.48. The summed E-state index contributed by atoms with van der Waals surface area (Å²) in [7, 11) is 0. The summed E-state index contributed by atoms with van der Waals surface area (Å²) in [6, 6.07) is 0.780. The second-order valence-electron chi connectivity index (χ2n) is 5.62. The minimum atomic E-state index is 0.210. The Hall–Kier alpha value is -0.570. The Bertz CT molecular complexity index is 249. The first kappa shape index (κ1) is 14.5. The van der Waals surface area contributed by atoms with Gasteiger partial charge in [0.25, 0.3) is 0 Å². The van der Waals surface area contributed by atoms with E-state index < -0.39 is 0 Å². The highest BCUT2D eigenvalue weighted by molar-refractivity contribution is 5.79. The lowest BCUT2D eigenvalue weighted by Gasteiger charge is -2.42. The van der Waals surface area contributed by atoms with Gasteiger partial charge in [0, 0.05) is 31.1 Å². The second-order valence-corrected chi connectivity index (χ2v) is 5.62. The third-order valence-electron chi connectivity index (χ3n) is 3.93. The molecule has 17 heavy (non-hydrogen) atoms. The van der Waals surface area contributed by atoms with Crippen LogP contribution in [0, 0.1) is 11.8 Å². The van der Waals surface area contributed by atoms with E-state index in [9.17, 15) is 4.79 Å². The van der Waals surface area contributed by atoms with Crippen molar-refractivity contribution in [2.24, 2.45) is 11.8 Å². The number of amides is 1. The van der Waals surface area contributed by atoms with Gasteiger partial charge in [-0.1, -0.05) is 27.7 Å². The highest BCUT2D eigenvalue weighted by atomic mass is 16.2. The third-order valence-corrected chi connectivity index (χ3v) is 3.93. The van der Waals surface area contributed by atoms with Crippen molar-refractivity contribution in [1.29, 1.82) is 0 Å². The fourth-order valence-corrected chi connectivity index (χ4v) is 2.65. The van der Waals surface area contributed by atoms with E-state index in [1.54, 1.807) is 0 Å². The van der Waals surface area contributed by atoms with Crippen LogP contribution < -0.4 is 5.32 Å². The average Bonchev–Trinajstić information content (AvgIpc) is 2.29. The fraction of sp³-hybridized carbons (Fsp3) is 0.929. The summed E-state index contributed by atoms with van der Waals surface area (Å²) < 4.78 is 0. The molecule has 0 aromatic rings. The predicted molar refractivity (Wildman–Crippen MR) is 71.9 cm³/mol. The maximum absolute atomic E-state index is 12.5. The molecule has 2 atom stereocenters. The van der Waals surface area contributed by atoms with Crippen LogP contribution in [0.4, 0.5) is 0 Å². The van der Waals surface area contributed by atoms with Crippen LogP contribution in [0.2, 0.25) is 0 Å². The molecule has 0 aliphatic carbocycles. The molecule has 3 heteroatoms. The zero-order valence-corrected chi connectivity index (χ0v) is 12.0. The molecule has 1 fully saturated rings. The van der Waals surface area contributed by atoms with Crippen LogP contribution in [0.15, 0.2) is 0 Å². The lowest BCUT2D eigenvalue weighted by Crippen LogP contribution is -2.60. The first-order valence-electron chi connectivity index (χ1n) is 7.05. The molecule has 1 saturated heterocycles. The van der Waals surface area contributed by atoms with Crippen molar-refractivity contribution in [2.45, 2.75) is 59.5 Å². The molecule has 1 N–H and O–H groups in total. The lowest BCUT2D eigenvalue weighted by atomic mass is 9.94. The van der Waals surface area contributed by atoms with Gasteiger partial charge in [0.05, 0.1) is 0 Å². The van der Waals surface area contributed by atoms with Crippen LogP contribution in [0.3, 0.4) is 0 Å². The molecular formula is C14H28N2O. The number of piperazine rings is 1. The highest BCUT2D eigenvalue weighted by Crippen LogP contribution is 2.20. The van der Waals surface area contributed by atoms with E-state index in [4.69, 9.17) is 0 Å². The Morgan fingerprint density at radius 1 is 1.35 bits per heavy atom. The van der Waals surface area contributed by atoms with Crippen molar-refractivity contribution < 1.29 is 4.79 Å². The zero-order valence-electron chi connectivity index (χ0n) is 12.0. The molecule has 1 aliphatic heterocycles. The summed E-state index contributed by atoms with van der Waals surface area (Å²) in [6.45, 7) is 12.6. The number of carbonyl (C=O) groups is 1. The van der Waals surface area contributed by atoms with E-state index in [1.165, 1.54) is 0 Å². The van der Waals surface area contributed by atoms with Gasteiger partial charge in [-0.15, -0.1) is 0 Å². The number of hydrogen-bond acceptors (Lipinski definition) is 2. The van der Waals surface area contributed by atoms with Crippen LogP contribution in [-0.4, -0.2) is 36.0 Å². The largest absolute Gasteiger partial charge is 0.336 e. The monoisotopic (exact) mass is 240 g/mol. The van der Waals surface area contributed by atoms with Gasteiger partial charge in [-0.3, -0.25) is 4.79 Å². The summed E-state index contributed by atoms with van der Waals surface area (Å²) in [5.74, 6) is 1.09. The van der Waals surface area contributed by atoms with Crippen molar-refractivity contribution in [3.63, 3.8) is 0 Å². The topological polar surface area (TPSA) is 32.3 Å². The first-order chi connectivity index (χ1) is 8.01. The van der Waals surface area contributed by atoms with Crippen molar-refractivity contribution >= 4 is 5.91 Å². The molecule has 2 unspecified atom stereocenters. The SMILES string of the molecule is CCC(CC)C(=O)N1CC(C)NCC1C(C)C. The molecule has 0 aromatic carbocycles. The third kappa shape index (κ3) is 3.44. The molecule has 1 aliphatic rings. The minimum Gasteiger partial charge on any atom is -0.336 e. The van der Waals surface area contributed by atoms with Gasteiger partial charge in [-0.25, -0.2) is 0 Å². The molecule has 100 valence electrons. The normalized spacial score (nSPS) is 25.7. The molecule has 0 spiro atoms. The number of rotatable bonds is 4. The van der Waals surface area contributed by atoms with E-state index >= 15 is 0 Å². The molecule has 1 rings (SSSR count). The summed E-state index contributed by atoms with van der Waals surface area (Å²) >= 11 is 0. The fourth-order valence-electron chi connectivity index (χ4n) is 2.65. The Morgan fingerprint density at radius 3 is 2.41 bits per heavy atom. The van der Waals surface area contributed by atoms with Crippen LogP contribution in [0.25, 0.3) is 0 Å². The van der Waals surface area contributed by atoms with Gasteiger partial charge in [0.15, 0.2) is 0 Å². The molecule has 0 radical (unpaired) electrons. The quantitative estimate of drug-likeness (QED) is 0.817. The van der Waals surface area contributed by atoms with Gasteiger partial charge in [-0.05, 0) is 25.7 Å². The number of carbonyl (C=O) groups excluding carboxylic acids is 1. The van der Waals surface area contributed by atoms with E-state index in [2.05, 4.69) is 44.8 Å². The number of hydrogen-bond donors (Lipinski definition) is 1. The molecule has 1 heterocycles. The Balaban J connectivity index is 2.78. The van der Waals surface area contributed by atoms with Crippen LogP contribution in [0.5, 0.6) is 0 Å². The lowest BCUT2D eigenvalue weighted by molar-refractivity contribution is -0.140. The Morgan fingerprint density at radius 2 is 1.94 bits per heavy atom. The van der Waals surface area contributed by atoms with Gasteiger partial charge < -0.3 is 10.2 Å². The van der Waals surface area contributed by atoms with Gasteiger partial charge >= 0.3 is 0 Å². The van der Waals surface area contributed by atoms with E-state index in [-0.39, 0.29) is 5.92 Å². The van der Waals surface area contributed by atoms with Crippen LogP contribution in [0.1, 0.15) is 47.5 Å². The highest BCUT2D eigenvalue weighted by Gasteiger charge is 2.33. The van der Waals surface area contributed by atoms with Crippen molar-refractivity contribution in [1.82, 2.24) is 10.2 Å². The van der Waals surface area contributed by atoms with Crippen LogP contribution >= 0.6 is 0 Å². The van der Waals surface area contributed by atoms with Crippen molar-refractivity contribution in [3.05, 3.63) is 0 Å².